The van der Waals surface area contributed by atoms with Crippen LogP contribution in [0.4, 0.5) is 0 Å². The van der Waals surface area contributed by atoms with E-state index in [0.29, 0.717) is 6.42 Å². The molecule has 0 aliphatic rings. The SMILES string of the molecule is COc1c(C)cnc(CC(N)c2csc(C)n2)c1C. The van der Waals surface area contributed by atoms with Crippen molar-refractivity contribution in [2.75, 3.05) is 7.11 Å². The van der Waals surface area contributed by atoms with Crippen LogP contribution in [0.15, 0.2) is 11.6 Å². The van der Waals surface area contributed by atoms with E-state index < -0.39 is 0 Å². The molecule has 5 heteroatoms. The van der Waals surface area contributed by atoms with Crippen LogP contribution in [-0.4, -0.2) is 17.1 Å². The van der Waals surface area contributed by atoms with Crippen LogP contribution in [0, 0.1) is 20.8 Å². The predicted molar refractivity (Wildman–Crippen MR) is 77.7 cm³/mol. The van der Waals surface area contributed by atoms with E-state index in [0.717, 1.165) is 33.3 Å². The van der Waals surface area contributed by atoms with Crippen LogP contribution < -0.4 is 10.5 Å². The molecule has 2 rings (SSSR count). The summed E-state index contributed by atoms with van der Waals surface area (Å²) in [7, 11) is 1.68. The quantitative estimate of drug-likeness (QED) is 0.933. The fourth-order valence-electron chi connectivity index (χ4n) is 2.14. The number of aromatic nitrogens is 2. The van der Waals surface area contributed by atoms with Gasteiger partial charge in [0.05, 0.1) is 23.9 Å². The Labute approximate surface area is 117 Å². The van der Waals surface area contributed by atoms with Crippen molar-refractivity contribution in [3.8, 4) is 5.75 Å². The molecule has 2 heterocycles. The summed E-state index contributed by atoms with van der Waals surface area (Å²) in [6.45, 7) is 6.00. The minimum absolute atomic E-state index is 0.122. The molecule has 0 amide bonds. The second-order valence-corrected chi connectivity index (χ2v) is 5.71. The molecule has 0 radical (unpaired) electrons. The van der Waals surface area contributed by atoms with Gasteiger partial charge in [0.15, 0.2) is 0 Å². The topological polar surface area (TPSA) is 61.0 Å². The third-order valence-corrected chi connectivity index (χ3v) is 3.97. The Balaban J connectivity index is 2.24. The molecule has 19 heavy (non-hydrogen) atoms. The largest absolute Gasteiger partial charge is 0.496 e. The van der Waals surface area contributed by atoms with E-state index >= 15 is 0 Å². The average Bonchev–Trinajstić information content (AvgIpc) is 2.80. The summed E-state index contributed by atoms with van der Waals surface area (Å²) in [6.07, 6.45) is 2.51. The zero-order chi connectivity index (χ0) is 14.0. The fourth-order valence-corrected chi connectivity index (χ4v) is 2.82. The van der Waals surface area contributed by atoms with Crippen LogP contribution in [0.2, 0.25) is 0 Å². The molecule has 0 spiro atoms. The van der Waals surface area contributed by atoms with Crippen molar-refractivity contribution in [2.45, 2.75) is 33.2 Å². The minimum atomic E-state index is -0.122. The summed E-state index contributed by atoms with van der Waals surface area (Å²) in [6, 6.07) is -0.122. The van der Waals surface area contributed by atoms with E-state index in [4.69, 9.17) is 10.5 Å². The zero-order valence-corrected chi connectivity index (χ0v) is 12.5. The maximum atomic E-state index is 6.20. The lowest BCUT2D eigenvalue weighted by molar-refractivity contribution is 0.406. The van der Waals surface area contributed by atoms with Crippen molar-refractivity contribution in [2.24, 2.45) is 5.73 Å². The summed E-state index contributed by atoms with van der Waals surface area (Å²) in [5, 5.41) is 3.05. The molecular formula is C14H19N3OS. The third-order valence-electron chi connectivity index (χ3n) is 3.18. The van der Waals surface area contributed by atoms with E-state index in [-0.39, 0.29) is 6.04 Å². The van der Waals surface area contributed by atoms with Gasteiger partial charge in [-0.2, -0.15) is 0 Å². The molecule has 0 fully saturated rings. The van der Waals surface area contributed by atoms with E-state index in [1.54, 1.807) is 18.4 Å². The molecule has 4 nitrogen and oxygen atoms in total. The number of hydrogen-bond acceptors (Lipinski definition) is 5. The summed E-state index contributed by atoms with van der Waals surface area (Å²) >= 11 is 1.62. The highest BCUT2D eigenvalue weighted by molar-refractivity contribution is 7.09. The van der Waals surface area contributed by atoms with Crippen molar-refractivity contribution >= 4 is 11.3 Å². The molecule has 2 aromatic heterocycles. The first-order chi connectivity index (χ1) is 9.02. The third kappa shape index (κ3) is 2.93. The van der Waals surface area contributed by atoms with Crippen LogP contribution in [0.5, 0.6) is 5.75 Å². The number of methoxy groups -OCH3 is 1. The average molecular weight is 277 g/mol. The first-order valence-corrected chi connectivity index (χ1v) is 7.07. The first kappa shape index (κ1) is 14.0. The Hall–Kier alpha value is -1.46. The van der Waals surface area contributed by atoms with E-state index in [1.165, 1.54) is 0 Å². The molecular weight excluding hydrogens is 258 g/mol. The number of ether oxygens (including phenoxy) is 1. The van der Waals surface area contributed by atoms with Gasteiger partial charge in [-0.25, -0.2) is 4.98 Å². The first-order valence-electron chi connectivity index (χ1n) is 6.19. The van der Waals surface area contributed by atoms with Crippen LogP contribution in [0.3, 0.4) is 0 Å². The standard InChI is InChI=1S/C14H19N3OS/c1-8-6-16-12(9(2)14(8)18-4)5-11(15)13-7-19-10(3)17-13/h6-7,11H,5,15H2,1-4H3. The molecule has 2 aromatic rings. The molecule has 102 valence electrons. The Morgan fingerprint density at radius 3 is 2.68 bits per heavy atom. The lowest BCUT2D eigenvalue weighted by atomic mass is 10.0. The number of pyridine rings is 1. The van der Waals surface area contributed by atoms with Gasteiger partial charge >= 0.3 is 0 Å². The number of aryl methyl sites for hydroxylation is 2. The van der Waals surface area contributed by atoms with Crippen LogP contribution >= 0.6 is 11.3 Å². The van der Waals surface area contributed by atoms with E-state index in [1.807, 2.05) is 32.3 Å². The lowest BCUT2D eigenvalue weighted by Crippen LogP contribution is -2.15. The minimum Gasteiger partial charge on any atom is -0.496 e. The van der Waals surface area contributed by atoms with Gasteiger partial charge in [-0.15, -0.1) is 11.3 Å². The van der Waals surface area contributed by atoms with Gasteiger partial charge in [-0.1, -0.05) is 0 Å². The van der Waals surface area contributed by atoms with Gasteiger partial charge in [0.2, 0.25) is 0 Å². The Kier molecular flexibility index (Phi) is 4.17. The van der Waals surface area contributed by atoms with Crippen LogP contribution in [0.25, 0.3) is 0 Å². The number of hydrogen-bond donors (Lipinski definition) is 1. The van der Waals surface area contributed by atoms with Crippen molar-refractivity contribution in [1.82, 2.24) is 9.97 Å². The van der Waals surface area contributed by atoms with Gasteiger partial charge in [-0.3, -0.25) is 4.98 Å². The summed E-state index contributed by atoms with van der Waals surface area (Å²) in [5.41, 5.74) is 10.2. The van der Waals surface area contributed by atoms with E-state index in [9.17, 15) is 0 Å². The predicted octanol–water partition coefficient (Wildman–Crippen LogP) is 2.71. The molecule has 0 bridgehead atoms. The molecule has 0 aliphatic carbocycles. The molecule has 2 N–H and O–H groups in total. The highest BCUT2D eigenvalue weighted by Crippen LogP contribution is 2.26. The summed E-state index contributed by atoms with van der Waals surface area (Å²) in [5.74, 6) is 0.895. The molecule has 1 unspecified atom stereocenters. The zero-order valence-electron chi connectivity index (χ0n) is 11.7. The number of rotatable bonds is 4. The second-order valence-electron chi connectivity index (χ2n) is 4.65. The van der Waals surface area contributed by atoms with Gasteiger partial charge in [0.1, 0.15) is 5.75 Å². The van der Waals surface area contributed by atoms with Gasteiger partial charge in [0, 0.05) is 34.8 Å². The number of nitrogens with two attached hydrogens (primary N) is 1. The number of nitrogens with zero attached hydrogens (tertiary/aromatic N) is 2. The molecule has 1 atom stereocenters. The van der Waals surface area contributed by atoms with E-state index in [2.05, 4.69) is 9.97 Å². The smallest absolute Gasteiger partial charge is 0.128 e. The Morgan fingerprint density at radius 2 is 2.11 bits per heavy atom. The Morgan fingerprint density at radius 1 is 1.37 bits per heavy atom. The van der Waals surface area contributed by atoms with Crippen LogP contribution in [-0.2, 0) is 6.42 Å². The molecule has 0 saturated heterocycles. The molecule has 0 saturated carbocycles. The van der Waals surface area contributed by atoms with Crippen molar-refractivity contribution in [3.63, 3.8) is 0 Å². The van der Waals surface area contributed by atoms with Crippen molar-refractivity contribution in [3.05, 3.63) is 39.1 Å². The molecule has 0 aliphatic heterocycles. The maximum absolute atomic E-state index is 6.20. The highest BCUT2D eigenvalue weighted by Gasteiger charge is 2.15. The van der Waals surface area contributed by atoms with Crippen molar-refractivity contribution < 1.29 is 4.74 Å². The van der Waals surface area contributed by atoms with Gasteiger partial charge in [-0.05, 0) is 20.8 Å². The normalized spacial score (nSPS) is 12.5. The van der Waals surface area contributed by atoms with Crippen LogP contribution in [0.1, 0.15) is 33.6 Å². The van der Waals surface area contributed by atoms with Gasteiger partial charge in [0.25, 0.3) is 0 Å². The van der Waals surface area contributed by atoms with Gasteiger partial charge < -0.3 is 10.5 Å². The second kappa shape index (κ2) is 5.67. The Bertz CT molecular complexity index is 580. The maximum Gasteiger partial charge on any atom is 0.128 e. The number of thiazole rings is 1. The monoisotopic (exact) mass is 277 g/mol. The fraction of sp³-hybridized carbons (Fsp3) is 0.429. The van der Waals surface area contributed by atoms with Crippen molar-refractivity contribution in [1.29, 1.82) is 0 Å². The summed E-state index contributed by atoms with van der Waals surface area (Å²) < 4.78 is 5.41. The molecule has 0 aromatic carbocycles. The summed E-state index contributed by atoms with van der Waals surface area (Å²) in [4.78, 5) is 8.91. The lowest BCUT2D eigenvalue weighted by Gasteiger charge is -2.14. The highest BCUT2D eigenvalue weighted by atomic mass is 32.1.